The number of halogens is 8. The van der Waals surface area contributed by atoms with E-state index in [-0.39, 0.29) is 115 Å². The molecular weight excluding hydrogens is 1430 g/mol. The Morgan fingerprint density at radius 2 is 1.18 bits per heavy atom. The van der Waals surface area contributed by atoms with Crippen LogP contribution in [0.3, 0.4) is 0 Å². The van der Waals surface area contributed by atoms with Crippen LogP contribution in [0, 0.1) is 52.8 Å². The molecule has 616 valence electrons. The molecule has 3 N–H and O–H groups in total. The molecule has 0 aromatic heterocycles. The SMILES string of the molecule is CCO[C@@H]1C[C@H]2C(=O)NC3(CC(C)(C)C3)C(=O)N(C)[C@@H](C(CC)CC)C(=O)N(C)[C@H](C3CCC3)CC(=O)N(C)[C@@H](CC3CC3)C(=O)N[C@@H]([C@@H](C)CC)C(=O)N(C)CC(=O)N(C)[C@H]3C/C=C\CCN(C3=O)[C@@H](CC3CCC(C(F)(F)F)CC3)C(=O)N(C)CC(=O)N[C@@H](CCC3CC(F)C(C(F)(F)F)C(F)C3)C(=O)N2C1. The molecule has 11 amide bonds. The van der Waals surface area contributed by atoms with Crippen LogP contribution in [0.15, 0.2) is 12.2 Å². The highest BCUT2D eigenvalue weighted by atomic mass is 19.4. The lowest BCUT2D eigenvalue weighted by atomic mass is 9.58. The topological polar surface area (TPSA) is 259 Å². The fourth-order valence-corrected chi connectivity index (χ4v) is 18.4. The number of rotatable bonds is 15. The van der Waals surface area contributed by atoms with Gasteiger partial charge in [0, 0.05) is 80.9 Å². The Labute approximate surface area is 637 Å². The highest BCUT2D eigenvalue weighted by Crippen LogP contribution is 2.50. The number of nitrogens with zero attached hydrogens (tertiary/aromatic N) is 8. The zero-order valence-electron chi connectivity index (χ0n) is 66.1. The summed E-state index contributed by atoms with van der Waals surface area (Å²) < 4.78 is 122. The van der Waals surface area contributed by atoms with Gasteiger partial charge in [0.1, 0.15) is 66.1 Å². The molecule has 8 aliphatic rings. The number of amides is 11. The van der Waals surface area contributed by atoms with Crippen LogP contribution < -0.4 is 16.0 Å². The second-order valence-corrected chi connectivity index (χ2v) is 33.9. The van der Waals surface area contributed by atoms with E-state index in [1.54, 1.807) is 37.9 Å². The van der Waals surface area contributed by atoms with Crippen molar-refractivity contribution >= 4 is 65.0 Å². The van der Waals surface area contributed by atoms with Crippen molar-refractivity contribution in [3.63, 3.8) is 0 Å². The second kappa shape index (κ2) is 36.9. The van der Waals surface area contributed by atoms with E-state index in [2.05, 4.69) is 16.0 Å². The molecule has 23 nitrogen and oxygen atoms in total. The van der Waals surface area contributed by atoms with Gasteiger partial charge >= 0.3 is 12.4 Å². The number of carbonyl (C=O) groups excluding carboxylic acids is 11. The first-order valence-corrected chi connectivity index (χ1v) is 39.9. The van der Waals surface area contributed by atoms with Crippen LogP contribution in [0.5, 0.6) is 0 Å². The molecule has 2 saturated heterocycles. The van der Waals surface area contributed by atoms with Crippen LogP contribution >= 0.6 is 0 Å². The molecule has 31 heteroatoms. The van der Waals surface area contributed by atoms with Crippen molar-refractivity contribution in [2.24, 2.45) is 52.8 Å². The summed E-state index contributed by atoms with van der Waals surface area (Å²) in [6, 6.07) is -10.1. The molecule has 0 radical (unpaired) electrons. The Hall–Kier alpha value is -6.69. The first kappa shape index (κ1) is 87.9. The van der Waals surface area contributed by atoms with Crippen LogP contribution in [0.4, 0.5) is 35.1 Å². The third-order valence-electron chi connectivity index (χ3n) is 25.5. The Bertz CT molecular complexity index is 3250. The third-order valence-corrected chi connectivity index (χ3v) is 25.5. The number of carbonyl (C=O) groups is 11. The van der Waals surface area contributed by atoms with Gasteiger partial charge in [-0.3, -0.25) is 52.7 Å². The number of hydrogen-bond donors (Lipinski definition) is 3. The summed E-state index contributed by atoms with van der Waals surface area (Å²) in [6.07, 6.45) is -10.2. The van der Waals surface area contributed by atoms with Crippen LogP contribution in [0.25, 0.3) is 0 Å². The van der Waals surface area contributed by atoms with Crippen molar-refractivity contribution in [1.82, 2.24) is 55.1 Å². The molecule has 5 aliphatic carbocycles. The van der Waals surface area contributed by atoms with Gasteiger partial charge in [-0.15, -0.1) is 0 Å². The monoisotopic (exact) mass is 1560 g/mol. The number of fused-ring (bicyclic) bond motifs is 3. The Morgan fingerprint density at radius 1 is 0.587 bits per heavy atom. The summed E-state index contributed by atoms with van der Waals surface area (Å²) in [6.45, 7) is 11.1. The van der Waals surface area contributed by atoms with E-state index >= 15 is 42.3 Å². The minimum absolute atomic E-state index is 0.00867. The van der Waals surface area contributed by atoms with Crippen molar-refractivity contribution in [1.29, 1.82) is 0 Å². The maximum Gasteiger partial charge on any atom is 0.397 e. The van der Waals surface area contributed by atoms with E-state index in [1.165, 1.54) is 49.9 Å². The summed E-state index contributed by atoms with van der Waals surface area (Å²) in [4.78, 5) is 178. The molecule has 3 heterocycles. The fraction of sp³-hybridized carbons (Fsp3) is 0.833. The first-order valence-electron chi connectivity index (χ1n) is 39.9. The standard InChI is InChI=1S/C78H121F8N11O12/c1-14-45(5)65-72(106)91(9)42-63(100)92(10)56-24-19-18-20-33-96(71(56)105)60(37-47-27-30-51(31-28-47)77(81,82)83)70(104)90(8)41-61(98)87-55(32-29-48-34-53(79)64(54(80)35-48)78(84,85)86)69(103)97-40-52(109-17-4)38-59(97)68(102)89-76(43-75(6,7)44-76)74(108)95(13)66(49(15-2)16-3)73(107)94(12)57(50-22-21-23-50)39-62(99)93(11)58(67(101)88-65)36-46-25-26-46/h18-19,45-60,64-66H,14-17,20-44H2,1-13H3,(H,87,98)(H,88,101)(H,89,102)/b19-18-/t45-,47?,48?,51?,52+,53?,54?,55-,56-,57-,58-,59-,60-,64?,65-,66-/m0/s1. The Balaban J connectivity index is 1.21. The number of alkyl halides is 8. The van der Waals surface area contributed by atoms with E-state index < -0.39 is 223 Å². The number of hydrogen-bond acceptors (Lipinski definition) is 12. The predicted molar refractivity (Wildman–Crippen MR) is 389 cm³/mol. The van der Waals surface area contributed by atoms with Crippen molar-refractivity contribution in [2.45, 2.75) is 287 Å². The molecule has 0 aromatic rings. The second-order valence-electron chi connectivity index (χ2n) is 33.9. The van der Waals surface area contributed by atoms with Crippen molar-refractivity contribution in [3.05, 3.63) is 12.2 Å². The van der Waals surface area contributed by atoms with E-state index in [9.17, 15) is 45.5 Å². The smallest absolute Gasteiger partial charge is 0.377 e. The van der Waals surface area contributed by atoms with Gasteiger partial charge in [0.15, 0.2) is 0 Å². The van der Waals surface area contributed by atoms with Gasteiger partial charge in [-0.25, -0.2) is 8.78 Å². The van der Waals surface area contributed by atoms with E-state index in [0.717, 1.165) is 38.9 Å². The quantitative estimate of drug-likeness (QED) is 0.103. The van der Waals surface area contributed by atoms with E-state index in [0.29, 0.717) is 32.1 Å². The predicted octanol–water partition coefficient (Wildman–Crippen LogP) is 8.70. The van der Waals surface area contributed by atoms with Crippen LogP contribution in [-0.2, 0) is 57.5 Å². The van der Waals surface area contributed by atoms with Crippen molar-refractivity contribution in [3.8, 4) is 0 Å². The highest BCUT2D eigenvalue weighted by Gasteiger charge is 2.60. The van der Waals surface area contributed by atoms with Crippen LogP contribution in [-0.4, -0.2) is 264 Å². The van der Waals surface area contributed by atoms with Crippen molar-refractivity contribution < 1.29 is 92.6 Å². The Kier molecular flexibility index (Phi) is 29.7. The molecule has 8 rings (SSSR count). The number of ether oxygens (including phenoxy) is 1. The molecule has 109 heavy (non-hydrogen) atoms. The maximum atomic E-state index is 15.8. The zero-order valence-corrected chi connectivity index (χ0v) is 66.1. The Morgan fingerprint density at radius 3 is 1.72 bits per heavy atom. The molecule has 1 spiro atoms. The summed E-state index contributed by atoms with van der Waals surface area (Å²) >= 11 is 0. The third kappa shape index (κ3) is 21.2. The summed E-state index contributed by atoms with van der Waals surface area (Å²) in [5.41, 5.74) is -2.24. The lowest BCUT2D eigenvalue weighted by Crippen LogP contribution is -2.71. The normalized spacial score (nSPS) is 32.9. The molecule has 2 bridgehead atoms. The minimum Gasteiger partial charge on any atom is -0.377 e. The van der Waals surface area contributed by atoms with Crippen molar-refractivity contribution in [2.75, 3.05) is 75.1 Å². The molecule has 5 saturated carbocycles. The molecule has 12 atom stereocenters. The molecule has 7 fully saturated rings. The van der Waals surface area contributed by atoms with Gasteiger partial charge in [0.2, 0.25) is 65.0 Å². The number of nitrogens with one attached hydrogen (secondary N) is 3. The van der Waals surface area contributed by atoms with Crippen LogP contribution in [0.1, 0.15) is 203 Å². The fourth-order valence-electron chi connectivity index (χ4n) is 18.4. The summed E-state index contributed by atoms with van der Waals surface area (Å²) in [5, 5.41) is 8.65. The molecular formula is C78H121F8N11O12. The first-order chi connectivity index (χ1) is 51.1. The zero-order chi connectivity index (χ0) is 80.7. The summed E-state index contributed by atoms with van der Waals surface area (Å²) in [7, 11) is 8.60. The van der Waals surface area contributed by atoms with Gasteiger partial charge < -0.3 is 59.9 Å². The lowest BCUT2D eigenvalue weighted by molar-refractivity contribution is -0.219. The molecule has 3 aliphatic heterocycles. The largest absolute Gasteiger partial charge is 0.397 e. The highest BCUT2D eigenvalue weighted by molar-refractivity contribution is 6.00. The van der Waals surface area contributed by atoms with Gasteiger partial charge in [0.25, 0.3) is 0 Å². The van der Waals surface area contributed by atoms with Crippen LogP contribution in [0.2, 0.25) is 0 Å². The average molecular weight is 1560 g/mol. The maximum absolute atomic E-state index is 15.8. The minimum atomic E-state index is -5.21. The number of likely N-dealkylation sites (N-methyl/N-ethyl adjacent to an activating group) is 6. The van der Waals surface area contributed by atoms with Gasteiger partial charge in [0.05, 0.1) is 25.1 Å². The van der Waals surface area contributed by atoms with Gasteiger partial charge in [-0.2, -0.15) is 26.3 Å². The van der Waals surface area contributed by atoms with Gasteiger partial charge in [-0.1, -0.05) is 92.2 Å². The summed E-state index contributed by atoms with van der Waals surface area (Å²) in [5.74, 6) is -15.0. The van der Waals surface area contributed by atoms with Gasteiger partial charge in [-0.05, 0) is 151 Å². The molecule has 2 unspecified atom stereocenters. The average Bonchev–Trinajstić information content (AvgIpc) is 1.27. The van der Waals surface area contributed by atoms with E-state index in [4.69, 9.17) is 4.74 Å². The van der Waals surface area contributed by atoms with E-state index in [1.807, 2.05) is 34.6 Å². The molecule has 0 aromatic carbocycles. The lowest BCUT2D eigenvalue weighted by Gasteiger charge is -2.54.